The summed E-state index contributed by atoms with van der Waals surface area (Å²) in [5.74, 6) is 7.76. The zero-order valence-corrected chi connectivity index (χ0v) is 9.58. The van der Waals surface area contributed by atoms with Gasteiger partial charge in [0.15, 0.2) is 5.96 Å². The molecule has 3 heteroatoms. The second-order valence-electron chi connectivity index (χ2n) is 4.43. The number of fused-ring (bicyclic) bond motifs is 1. The number of nitrogens with one attached hydrogen (secondary N) is 1. The molecule has 82 valence electrons. The number of aliphatic imine (C=N–C) groups is 1. The minimum atomic E-state index is 0.651. The van der Waals surface area contributed by atoms with E-state index in [1.54, 1.807) is 0 Å². The largest absolute Gasteiger partial charge is 0.345 e. The highest BCUT2D eigenvalue weighted by molar-refractivity contribution is 5.82. The molecule has 0 bridgehead atoms. The number of rotatable bonds is 1. The van der Waals surface area contributed by atoms with Gasteiger partial charge in [0.1, 0.15) is 0 Å². The molecule has 0 aromatic heterocycles. The van der Waals surface area contributed by atoms with Crippen molar-refractivity contribution in [3.8, 4) is 11.8 Å². The predicted octanol–water partition coefficient (Wildman–Crippen LogP) is 1.07. The number of hydrogen-bond acceptors (Lipinski definition) is 3. The number of guanidine groups is 1. The molecule has 1 N–H and O–H groups in total. The summed E-state index contributed by atoms with van der Waals surface area (Å²) in [6.07, 6.45) is 2.63. The Morgan fingerprint density at radius 1 is 1.53 bits per heavy atom. The van der Waals surface area contributed by atoms with Crippen molar-refractivity contribution in [2.45, 2.75) is 32.7 Å². The molecule has 2 heterocycles. The van der Waals surface area contributed by atoms with E-state index in [2.05, 4.69) is 34.0 Å². The summed E-state index contributed by atoms with van der Waals surface area (Å²) < 4.78 is 0. The average molecular weight is 205 g/mol. The fraction of sp³-hybridized carbons (Fsp3) is 0.750. The van der Waals surface area contributed by atoms with Crippen LogP contribution in [0.15, 0.2) is 4.99 Å². The number of hydrogen-bond donors (Lipinski definition) is 1. The van der Waals surface area contributed by atoms with E-state index in [0.717, 1.165) is 25.0 Å². The van der Waals surface area contributed by atoms with Gasteiger partial charge in [-0.25, -0.2) is 0 Å². The second-order valence-corrected chi connectivity index (χ2v) is 4.43. The van der Waals surface area contributed by atoms with E-state index < -0.39 is 0 Å². The molecule has 0 radical (unpaired) electrons. The smallest absolute Gasteiger partial charge is 0.195 e. The van der Waals surface area contributed by atoms with Crippen LogP contribution < -0.4 is 5.32 Å². The molecule has 0 amide bonds. The van der Waals surface area contributed by atoms with Crippen molar-refractivity contribution < 1.29 is 0 Å². The van der Waals surface area contributed by atoms with Crippen molar-refractivity contribution in [1.29, 1.82) is 0 Å². The standard InChI is InChI=1S/C12H19N3/c1-3-4-7-13-12-14-8-11-6-5-10(2)9-15(11)12/h10-11H,5-9H2,1-2H3,(H,13,14). The zero-order valence-electron chi connectivity index (χ0n) is 9.58. The minimum absolute atomic E-state index is 0.651. The van der Waals surface area contributed by atoms with Gasteiger partial charge in [-0.2, -0.15) is 0 Å². The molecule has 0 aromatic carbocycles. The first-order valence-electron chi connectivity index (χ1n) is 5.76. The molecule has 1 fully saturated rings. The average Bonchev–Trinajstić information content (AvgIpc) is 2.62. The lowest BCUT2D eigenvalue weighted by atomic mass is 9.95. The Bertz CT molecular complexity index is 311. The normalized spacial score (nSPS) is 28.9. The van der Waals surface area contributed by atoms with E-state index in [1.807, 2.05) is 6.92 Å². The summed E-state index contributed by atoms with van der Waals surface area (Å²) in [5.41, 5.74) is 0. The van der Waals surface area contributed by atoms with Crippen molar-refractivity contribution in [3.63, 3.8) is 0 Å². The van der Waals surface area contributed by atoms with Crippen LogP contribution >= 0.6 is 0 Å². The maximum absolute atomic E-state index is 4.55. The molecule has 2 aliphatic heterocycles. The Morgan fingerprint density at radius 2 is 2.40 bits per heavy atom. The van der Waals surface area contributed by atoms with Crippen molar-refractivity contribution in [2.75, 3.05) is 19.6 Å². The highest BCUT2D eigenvalue weighted by Gasteiger charge is 2.32. The molecule has 3 nitrogen and oxygen atoms in total. The Morgan fingerprint density at radius 3 is 3.20 bits per heavy atom. The molecular formula is C12H19N3. The van der Waals surface area contributed by atoms with E-state index in [9.17, 15) is 0 Å². The lowest BCUT2D eigenvalue weighted by molar-refractivity contribution is 0.211. The molecule has 2 aliphatic rings. The fourth-order valence-corrected chi connectivity index (χ4v) is 2.31. The van der Waals surface area contributed by atoms with Gasteiger partial charge in [-0.15, -0.1) is 5.92 Å². The first-order chi connectivity index (χ1) is 7.31. The molecular weight excluding hydrogens is 186 g/mol. The summed E-state index contributed by atoms with van der Waals surface area (Å²) in [7, 11) is 0. The van der Waals surface area contributed by atoms with Gasteiger partial charge < -0.3 is 10.2 Å². The van der Waals surface area contributed by atoms with Crippen molar-refractivity contribution in [2.24, 2.45) is 10.9 Å². The summed E-state index contributed by atoms with van der Waals surface area (Å²) in [6.45, 7) is 7.01. The maximum atomic E-state index is 4.55. The van der Waals surface area contributed by atoms with Gasteiger partial charge in [0.25, 0.3) is 0 Å². The SMILES string of the molecule is CC#CCNC1=NCC2CCC(C)CN12. The van der Waals surface area contributed by atoms with Crippen molar-refractivity contribution in [1.82, 2.24) is 10.2 Å². The molecule has 0 aliphatic carbocycles. The van der Waals surface area contributed by atoms with Crippen LogP contribution in [-0.2, 0) is 0 Å². The minimum Gasteiger partial charge on any atom is -0.345 e. The second kappa shape index (κ2) is 4.57. The monoisotopic (exact) mass is 205 g/mol. The molecule has 0 saturated carbocycles. The van der Waals surface area contributed by atoms with Gasteiger partial charge in [-0.3, -0.25) is 4.99 Å². The predicted molar refractivity (Wildman–Crippen MR) is 62.6 cm³/mol. The Labute approximate surface area is 91.9 Å². The number of nitrogens with zero attached hydrogens (tertiary/aromatic N) is 2. The summed E-state index contributed by atoms with van der Waals surface area (Å²) >= 11 is 0. The lowest BCUT2D eigenvalue weighted by Crippen LogP contribution is -2.48. The zero-order chi connectivity index (χ0) is 10.7. The maximum Gasteiger partial charge on any atom is 0.195 e. The molecule has 0 spiro atoms. The van der Waals surface area contributed by atoms with E-state index in [0.29, 0.717) is 12.6 Å². The first kappa shape index (κ1) is 10.4. The van der Waals surface area contributed by atoms with Crippen LogP contribution in [-0.4, -0.2) is 36.5 Å². The van der Waals surface area contributed by atoms with E-state index >= 15 is 0 Å². The van der Waals surface area contributed by atoms with Crippen LogP contribution in [0.5, 0.6) is 0 Å². The van der Waals surface area contributed by atoms with Gasteiger partial charge in [-0.05, 0) is 25.7 Å². The Hall–Kier alpha value is -1.17. The first-order valence-corrected chi connectivity index (χ1v) is 5.76. The van der Waals surface area contributed by atoms with Crippen LogP contribution in [0, 0.1) is 17.8 Å². The molecule has 1 saturated heterocycles. The highest BCUT2D eigenvalue weighted by atomic mass is 15.4. The lowest BCUT2D eigenvalue weighted by Gasteiger charge is -2.35. The van der Waals surface area contributed by atoms with Gasteiger partial charge in [0, 0.05) is 6.54 Å². The fourth-order valence-electron chi connectivity index (χ4n) is 2.31. The van der Waals surface area contributed by atoms with Crippen molar-refractivity contribution in [3.05, 3.63) is 0 Å². The van der Waals surface area contributed by atoms with E-state index in [-0.39, 0.29) is 0 Å². The van der Waals surface area contributed by atoms with Crippen LogP contribution in [0.3, 0.4) is 0 Å². The summed E-state index contributed by atoms with van der Waals surface area (Å²) in [4.78, 5) is 6.97. The molecule has 2 unspecified atom stereocenters. The van der Waals surface area contributed by atoms with Crippen LogP contribution in [0.1, 0.15) is 26.7 Å². The van der Waals surface area contributed by atoms with E-state index in [4.69, 9.17) is 0 Å². The van der Waals surface area contributed by atoms with Gasteiger partial charge in [-0.1, -0.05) is 12.8 Å². The van der Waals surface area contributed by atoms with Gasteiger partial charge in [0.2, 0.25) is 0 Å². The summed E-state index contributed by atoms with van der Waals surface area (Å²) in [6, 6.07) is 0.651. The highest BCUT2D eigenvalue weighted by Crippen LogP contribution is 2.24. The topological polar surface area (TPSA) is 27.6 Å². The van der Waals surface area contributed by atoms with Crippen LogP contribution in [0.2, 0.25) is 0 Å². The quantitative estimate of drug-likeness (QED) is 0.648. The van der Waals surface area contributed by atoms with Gasteiger partial charge in [0.05, 0.1) is 19.1 Å². The van der Waals surface area contributed by atoms with E-state index in [1.165, 1.54) is 12.8 Å². The molecule has 2 atom stereocenters. The van der Waals surface area contributed by atoms with Crippen LogP contribution in [0.4, 0.5) is 0 Å². The van der Waals surface area contributed by atoms with Crippen LogP contribution in [0.25, 0.3) is 0 Å². The molecule has 0 aromatic rings. The third kappa shape index (κ3) is 2.26. The third-order valence-electron chi connectivity index (χ3n) is 3.18. The molecule has 15 heavy (non-hydrogen) atoms. The number of piperidine rings is 1. The molecule has 2 rings (SSSR count). The van der Waals surface area contributed by atoms with Crippen molar-refractivity contribution >= 4 is 5.96 Å². The van der Waals surface area contributed by atoms with Gasteiger partial charge >= 0.3 is 0 Å². The Kier molecular flexibility index (Phi) is 3.15. The summed E-state index contributed by atoms with van der Waals surface area (Å²) in [5, 5.41) is 3.30. The third-order valence-corrected chi connectivity index (χ3v) is 3.18. The Balaban J connectivity index is 1.91.